The zero-order valence-electron chi connectivity index (χ0n) is 10.2. The molecule has 0 aromatic rings. The van der Waals surface area contributed by atoms with Gasteiger partial charge in [-0.2, -0.15) is 0 Å². The summed E-state index contributed by atoms with van der Waals surface area (Å²) >= 11 is 0. The average Bonchev–Trinajstić information content (AvgIpc) is 2.30. The number of ketones is 1. The van der Waals surface area contributed by atoms with Crippen LogP contribution in [-0.4, -0.2) is 18.5 Å². The van der Waals surface area contributed by atoms with Crippen LogP contribution in [0, 0.1) is 0 Å². The fourth-order valence-electron chi connectivity index (χ4n) is 2.11. The van der Waals surface area contributed by atoms with Gasteiger partial charge >= 0.3 is 0 Å². The lowest BCUT2D eigenvalue weighted by Crippen LogP contribution is -2.22. The average molecular weight is 224 g/mol. The van der Waals surface area contributed by atoms with Crippen molar-refractivity contribution in [1.29, 1.82) is 0 Å². The topological polar surface area (TPSA) is 26.3 Å². The molecular weight excluding hydrogens is 200 g/mol. The Bertz CT molecular complexity index is 205. The van der Waals surface area contributed by atoms with Crippen molar-refractivity contribution in [2.75, 3.05) is 6.61 Å². The Morgan fingerprint density at radius 1 is 1.31 bits per heavy atom. The number of Topliss-reactive ketones (excluding diaryl/α,β-unsaturated/α-hetero) is 1. The third-order valence-electron chi connectivity index (χ3n) is 3.09. The maximum absolute atomic E-state index is 11.6. The lowest BCUT2D eigenvalue weighted by Gasteiger charge is -2.21. The molecule has 0 amide bonds. The second-order valence-electron chi connectivity index (χ2n) is 4.62. The molecular formula is C14H24O2. The highest BCUT2D eigenvalue weighted by Gasteiger charge is 2.16. The number of carbonyl (C=O) groups is 1. The van der Waals surface area contributed by atoms with Crippen LogP contribution in [0.3, 0.4) is 0 Å². The molecule has 1 aliphatic rings. The molecule has 0 bridgehead atoms. The molecule has 1 aliphatic heterocycles. The molecule has 2 heteroatoms. The first kappa shape index (κ1) is 13.4. The molecule has 2 nitrogen and oxygen atoms in total. The first-order valence-electron chi connectivity index (χ1n) is 6.57. The van der Waals surface area contributed by atoms with Crippen molar-refractivity contribution >= 4 is 5.78 Å². The third kappa shape index (κ3) is 6.06. The Kier molecular flexibility index (Phi) is 7.15. The minimum Gasteiger partial charge on any atom is -0.378 e. The monoisotopic (exact) mass is 224 g/mol. The highest BCUT2D eigenvalue weighted by atomic mass is 16.5. The van der Waals surface area contributed by atoms with Crippen LogP contribution in [0.25, 0.3) is 0 Å². The van der Waals surface area contributed by atoms with Crippen LogP contribution in [0.1, 0.15) is 57.8 Å². The number of rotatable bonds is 8. The first-order chi connectivity index (χ1) is 7.83. The van der Waals surface area contributed by atoms with Gasteiger partial charge in [0.05, 0.1) is 6.10 Å². The molecule has 0 spiro atoms. The maximum atomic E-state index is 11.6. The molecule has 1 fully saturated rings. The molecule has 0 aromatic heterocycles. The summed E-state index contributed by atoms with van der Waals surface area (Å²) < 4.78 is 5.56. The molecule has 1 heterocycles. The lowest BCUT2D eigenvalue weighted by molar-refractivity contribution is -0.122. The van der Waals surface area contributed by atoms with E-state index in [1.54, 1.807) is 0 Å². The van der Waals surface area contributed by atoms with E-state index in [4.69, 9.17) is 4.74 Å². The predicted octanol–water partition coefficient (Wildman–Crippen LogP) is 3.65. The molecule has 0 aliphatic carbocycles. The van der Waals surface area contributed by atoms with E-state index in [9.17, 15) is 4.79 Å². The summed E-state index contributed by atoms with van der Waals surface area (Å²) in [6, 6.07) is 0. The van der Waals surface area contributed by atoms with Gasteiger partial charge in [-0.05, 0) is 38.5 Å². The van der Waals surface area contributed by atoms with E-state index in [2.05, 4.69) is 6.58 Å². The number of hydrogen-bond acceptors (Lipinski definition) is 2. The zero-order valence-corrected chi connectivity index (χ0v) is 10.2. The quantitative estimate of drug-likeness (QED) is 0.464. The Morgan fingerprint density at radius 2 is 2.19 bits per heavy atom. The molecule has 0 aromatic carbocycles. The maximum Gasteiger partial charge on any atom is 0.135 e. The highest BCUT2D eigenvalue weighted by molar-refractivity contribution is 5.78. The smallest absolute Gasteiger partial charge is 0.135 e. The van der Waals surface area contributed by atoms with E-state index in [0.29, 0.717) is 12.2 Å². The normalized spacial score (nSPS) is 20.6. The molecule has 1 unspecified atom stereocenters. The van der Waals surface area contributed by atoms with Crippen molar-refractivity contribution in [2.45, 2.75) is 63.9 Å². The number of ether oxygens (including phenoxy) is 1. The Morgan fingerprint density at radius 3 is 2.88 bits per heavy atom. The molecule has 16 heavy (non-hydrogen) atoms. The van der Waals surface area contributed by atoms with Gasteiger partial charge in [0, 0.05) is 19.4 Å². The van der Waals surface area contributed by atoms with Gasteiger partial charge in [0.25, 0.3) is 0 Å². The van der Waals surface area contributed by atoms with E-state index < -0.39 is 0 Å². The van der Waals surface area contributed by atoms with Crippen LogP contribution in [0.15, 0.2) is 12.7 Å². The Balaban J connectivity index is 1.99. The molecule has 0 saturated carbocycles. The minimum absolute atomic E-state index is 0.217. The number of carbonyl (C=O) groups excluding carboxylic acids is 1. The summed E-state index contributed by atoms with van der Waals surface area (Å²) in [5.41, 5.74) is 0. The lowest BCUT2D eigenvalue weighted by atomic mass is 10.0. The standard InChI is InChI=1S/C14H24O2/c1-2-3-4-5-6-9-13(15)12-14-10-7-8-11-16-14/h2,14H,1,3-12H2. The Hall–Kier alpha value is -0.630. The fourth-order valence-corrected chi connectivity index (χ4v) is 2.11. The van der Waals surface area contributed by atoms with Crippen molar-refractivity contribution < 1.29 is 9.53 Å². The third-order valence-corrected chi connectivity index (χ3v) is 3.09. The van der Waals surface area contributed by atoms with E-state index in [1.807, 2.05) is 6.08 Å². The SMILES string of the molecule is C=CCCCCCC(=O)CC1CCCCO1. The summed E-state index contributed by atoms with van der Waals surface area (Å²) in [6.07, 6.45) is 11.4. The van der Waals surface area contributed by atoms with E-state index in [-0.39, 0.29) is 6.10 Å². The van der Waals surface area contributed by atoms with Crippen molar-refractivity contribution in [2.24, 2.45) is 0 Å². The molecule has 0 N–H and O–H groups in total. The van der Waals surface area contributed by atoms with Gasteiger partial charge in [0.15, 0.2) is 0 Å². The van der Waals surface area contributed by atoms with Crippen LogP contribution >= 0.6 is 0 Å². The summed E-state index contributed by atoms with van der Waals surface area (Å²) in [5, 5.41) is 0. The van der Waals surface area contributed by atoms with Crippen LogP contribution in [0.4, 0.5) is 0 Å². The van der Waals surface area contributed by atoms with Crippen LogP contribution < -0.4 is 0 Å². The molecule has 1 saturated heterocycles. The van der Waals surface area contributed by atoms with Crippen molar-refractivity contribution in [3.63, 3.8) is 0 Å². The molecule has 1 atom stereocenters. The van der Waals surface area contributed by atoms with Gasteiger partial charge in [0.2, 0.25) is 0 Å². The first-order valence-corrected chi connectivity index (χ1v) is 6.57. The van der Waals surface area contributed by atoms with Crippen LogP contribution in [0.2, 0.25) is 0 Å². The van der Waals surface area contributed by atoms with Gasteiger partial charge in [-0.1, -0.05) is 12.5 Å². The summed E-state index contributed by atoms with van der Waals surface area (Å²) in [4.78, 5) is 11.6. The summed E-state index contributed by atoms with van der Waals surface area (Å²) in [7, 11) is 0. The van der Waals surface area contributed by atoms with Crippen molar-refractivity contribution in [3.05, 3.63) is 12.7 Å². The van der Waals surface area contributed by atoms with Gasteiger partial charge in [-0.25, -0.2) is 0 Å². The Labute approximate surface area is 99.1 Å². The van der Waals surface area contributed by atoms with E-state index >= 15 is 0 Å². The van der Waals surface area contributed by atoms with Gasteiger partial charge < -0.3 is 4.74 Å². The van der Waals surface area contributed by atoms with Crippen LogP contribution in [-0.2, 0) is 9.53 Å². The molecule has 0 radical (unpaired) electrons. The second kappa shape index (κ2) is 8.51. The van der Waals surface area contributed by atoms with Gasteiger partial charge in [-0.15, -0.1) is 6.58 Å². The highest BCUT2D eigenvalue weighted by Crippen LogP contribution is 2.17. The van der Waals surface area contributed by atoms with Crippen molar-refractivity contribution in [1.82, 2.24) is 0 Å². The van der Waals surface area contributed by atoms with E-state index in [1.165, 1.54) is 6.42 Å². The number of unbranched alkanes of at least 4 members (excludes halogenated alkanes) is 3. The van der Waals surface area contributed by atoms with Gasteiger partial charge in [-0.3, -0.25) is 4.79 Å². The van der Waals surface area contributed by atoms with Gasteiger partial charge in [0.1, 0.15) is 5.78 Å². The summed E-state index contributed by atoms with van der Waals surface area (Å²) in [5.74, 6) is 0.380. The van der Waals surface area contributed by atoms with E-state index in [0.717, 1.165) is 51.6 Å². The number of allylic oxidation sites excluding steroid dienone is 1. The van der Waals surface area contributed by atoms with Crippen LogP contribution in [0.5, 0.6) is 0 Å². The second-order valence-corrected chi connectivity index (χ2v) is 4.62. The minimum atomic E-state index is 0.217. The predicted molar refractivity (Wildman–Crippen MR) is 66.5 cm³/mol. The number of hydrogen-bond donors (Lipinski definition) is 0. The fraction of sp³-hybridized carbons (Fsp3) is 0.786. The molecule has 1 rings (SSSR count). The van der Waals surface area contributed by atoms with Crippen molar-refractivity contribution in [3.8, 4) is 0 Å². The largest absolute Gasteiger partial charge is 0.378 e. The molecule has 92 valence electrons. The summed E-state index contributed by atoms with van der Waals surface area (Å²) in [6.45, 7) is 4.53. The zero-order chi connectivity index (χ0) is 11.6.